The maximum absolute atomic E-state index is 7.52. The van der Waals surface area contributed by atoms with Crippen LogP contribution in [-0.4, -0.2) is 30.3 Å². The number of hydroxylamine groups is 1. The average molecular weight is 280 g/mol. The van der Waals surface area contributed by atoms with E-state index < -0.39 is 0 Å². The third-order valence-corrected chi connectivity index (χ3v) is 3.14. The predicted molar refractivity (Wildman–Crippen MR) is 81.7 cm³/mol. The SMILES string of the molecule is CCSCCONC(=N)N/N=C/c1ccccc1C. The number of aryl methyl sites for hydroxylation is 1. The quantitative estimate of drug-likeness (QED) is 0.310. The molecule has 0 radical (unpaired) electrons. The van der Waals surface area contributed by atoms with Crippen molar-refractivity contribution in [2.45, 2.75) is 13.8 Å². The Morgan fingerprint density at radius 1 is 1.47 bits per heavy atom. The molecule has 3 N–H and O–H groups in total. The van der Waals surface area contributed by atoms with E-state index in [1.54, 1.807) is 18.0 Å². The first-order valence-corrected chi connectivity index (χ1v) is 7.28. The number of nitrogens with zero attached hydrogens (tertiary/aromatic N) is 1. The van der Waals surface area contributed by atoms with Crippen LogP contribution in [0.1, 0.15) is 18.1 Å². The first-order chi connectivity index (χ1) is 9.24. The second-order valence-corrected chi connectivity index (χ2v) is 5.14. The third kappa shape index (κ3) is 6.83. The van der Waals surface area contributed by atoms with E-state index in [1.165, 1.54) is 0 Å². The molecule has 1 aromatic carbocycles. The van der Waals surface area contributed by atoms with Crippen molar-refractivity contribution >= 4 is 23.9 Å². The molecule has 0 aliphatic rings. The van der Waals surface area contributed by atoms with Crippen LogP contribution >= 0.6 is 11.8 Å². The van der Waals surface area contributed by atoms with Crippen molar-refractivity contribution < 1.29 is 4.84 Å². The molecule has 1 rings (SSSR count). The molecule has 0 aromatic heterocycles. The smallest absolute Gasteiger partial charge is 0.233 e. The molecule has 19 heavy (non-hydrogen) atoms. The average Bonchev–Trinajstić information content (AvgIpc) is 2.41. The first-order valence-electron chi connectivity index (χ1n) is 6.13. The van der Waals surface area contributed by atoms with Gasteiger partial charge in [0.05, 0.1) is 12.8 Å². The van der Waals surface area contributed by atoms with E-state index in [0.717, 1.165) is 22.6 Å². The molecule has 0 aliphatic carbocycles. The second-order valence-electron chi connectivity index (χ2n) is 3.75. The standard InChI is InChI=1S/C13H20N4OS/c1-3-19-9-8-18-17-13(14)16-15-10-12-7-5-4-6-11(12)2/h4-7,10H,3,8-9H2,1-2H3,(H3,14,16,17)/b15-10+. The zero-order valence-corrected chi connectivity index (χ0v) is 12.1. The van der Waals surface area contributed by atoms with E-state index in [-0.39, 0.29) is 5.96 Å². The Bertz CT molecular complexity index is 423. The highest BCUT2D eigenvalue weighted by molar-refractivity contribution is 7.99. The molecule has 0 heterocycles. The number of guanidine groups is 1. The van der Waals surface area contributed by atoms with E-state index in [1.807, 2.05) is 31.2 Å². The summed E-state index contributed by atoms with van der Waals surface area (Å²) < 4.78 is 0. The molecule has 0 saturated carbocycles. The van der Waals surface area contributed by atoms with Crippen LogP contribution in [-0.2, 0) is 4.84 Å². The maximum atomic E-state index is 7.52. The zero-order valence-electron chi connectivity index (χ0n) is 11.3. The van der Waals surface area contributed by atoms with Gasteiger partial charge >= 0.3 is 0 Å². The van der Waals surface area contributed by atoms with Crippen LogP contribution in [0.25, 0.3) is 0 Å². The van der Waals surface area contributed by atoms with Crippen molar-refractivity contribution in [2.75, 3.05) is 18.1 Å². The maximum Gasteiger partial charge on any atom is 0.233 e. The van der Waals surface area contributed by atoms with Gasteiger partial charge in [0.1, 0.15) is 0 Å². The van der Waals surface area contributed by atoms with E-state index in [2.05, 4.69) is 22.9 Å². The number of thioether (sulfide) groups is 1. The molecule has 0 bridgehead atoms. The van der Waals surface area contributed by atoms with E-state index in [0.29, 0.717) is 6.61 Å². The minimum atomic E-state index is 0.0198. The van der Waals surface area contributed by atoms with Gasteiger partial charge in [0.2, 0.25) is 5.96 Å². The molecule has 104 valence electrons. The summed E-state index contributed by atoms with van der Waals surface area (Å²) in [6, 6.07) is 7.91. The van der Waals surface area contributed by atoms with Crippen LogP contribution in [0.4, 0.5) is 0 Å². The molecule has 6 heteroatoms. The number of hydrogen-bond donors (Lipinski definition) is 3. The monoisotopic (exact) mass is 280 g/mol. The molecule has 0 unspecified atom stereocenters. The molecule has 0 aliphatic heterocycles. The highest BCUT2D eigenvalue weighted by Crippen LogP contribution is 2.02. The number of nitrogens with one attached hydrogen (secondary N) is 3. The molecule has 5 nitrogen and oxygen atoms in total. The van der Waals surface area contributed by atoms with Gasteiger partial charge in [-0.3, -0.25) is 10.2 Å². The molecule has 0 saturated heterocycles. The molecule has 0 spiro atoms. The molecular formula is C13H20N4OS. The molecule has 0 fully saturated rings. The highest BCUT2D eigenvalue weighted by Gasteiger charge is 1.94. The fraction of sp³-hybridized carbons (Fsp3) is 0.385. The topological polar surface area (TPSA) is 69.5 Å². The van der Waals surface area contributed by atoms with Gasteiger partial charge in [0.15, 0.2) is 0 Å². The fourth-order valence-corrected chi connectivity index (χ4v) is 1.78. The van der Waals surface area contributed by atoms with Crippen LogP contribution in [0.2, 0.25) is 0 Å². The van der Waals surface area contributed by atoms with Crippen molar-refractivity contribution in [3.05, 3.63) is 35.4 Å². The van der Waals surface area contributed by atoms with E-state index in [4.69, 9.17) is 10.2 Å². The summed E-state index contributed by atoms with van der Waals surface area (Å²) in [4.78, 5) is 5.09. The fourth-order valence-electron chi connectivity index (χ4n) is 1.29. The summed E-state index contributed by atoms with van der Waals surface area (Å²) in [5, 5.41) is 11.5. The van der Waals surface area contributed by atoms with Crippen LogP contribution in [0.15, 0.2) is 29.4 Å². The van der Waals surface area contributed by atoms with Crippen molar-refractivity contribution in [3.8, 4) is 0 Å². The van der Waals surface area contributed by atoms with Crippen LogP contribution < -0.4 is 10.9 Å². The van der Waals surface area contributed by atoms with Gasteiger partial charge in [-0.25, -0.2) is 10.9 Å². The summed E-state index contributed by atoms with van der Waals surface area (Å²) >= 11 is 1.79. The Balaban J connectivity index is 2.21. The van der Waals surface area contributed by atoms with Gasteiger partial charge in [-0.15, -0.1) is 0 Å². The Kier molecular flexibility index (Phi) is 7.69. The Morgan fingerprint density at radius 3 is 3.00 bits per heavy atom. The normalized spacial score (nSPS) is 10.6. The minimum absolute atomic E-state index is 0.0198. The Labute approximate surface area is 118 Å². The van der Waals surface area contributed by atoms with Crippen LogP contribution in [0.5, 0.6) is 0 Å². The van der Waals surface area contributed by atoms with Gasteiger partial charge in [-0.05, 0) is 23.8 Å². The summed E-state index contributed by atoms with van der Waals surface area (Å²) in [6.45, 7) is 4.67. The van der Waals surface area contributed by atoms with Crippen molar-refractivity contribution in [2.24, 2.45) is 5.10 Å². The summed E-state index contributed by atoms with van der Waals surface area (Å²) in [6.07, 6.45) is 1.68. The van der Waals surface area contributed by atoms with Crippen LogP contribution in [0, 0.1) is 12.3 Å². The van der Waals surface area contributed by atoms with Crippen molar-refractivity contribution in [1.29, 1.82) is 5.41 Å². The highest BCUT2D eigenvalue weighted by atomic mass is 32.2. The largest absolute Gasteiger partial charge is 0.273 e. The van der Waals surface area contributed by atoms with E-state index >= 15 is 0 Å². The van der Waals surface area contributed by atoms with Gasteiger partial charge in [-0.1, -0.05) is 31.2 Å². The van der Waals surface area contributed by atoms with E-state index in [9.17, 15) is 0 Å². The van der Waals surface area contributed by atoms with Crippen molar-refractivity contribution in [1.82, 2.24) is 10.9 Å². The first kappa shape index (κ1) is 15.5. The zero-order chi connectivity index (χ0) is 13.9. The van der Waals surface area contributed by atoms with Gasteiger partial charge in [0, 0.05) is 5.75 Å². The number of hydrogen-bond acceptors (Lipinski definition) is 4. The van der Waals surface area contributed by atoms with Gasteiger partial charge in [0.25, 0.3) is 0 Å². The molecular weight excluding hydrogens is 260 g/mol. The summed E-state index contributed by atoms with van der Waals surface area (Å²) in [7, 11) is 0. The molecule has 0 amide bonds. The Morgan fingerprint density at radius 2 is 2.26 bits per heavy atom. The predicted octanol–water partition coefficient (Wildman–Crippen LogP) is 2.13. The van der Waals surface area contributed by atoms with Crippen molar-refractivity contribution in [3.63, 3.8) is 0 Å². The lowest BCUT2D eigenvalue weighted by Gasteiger charge is -2.06. The summed E-state index contributed by atoms with van der Waals surface area (Å²) in [5.41, 5.74) is 7.20. The number of rotatable bonds is 7. The molecule has 0 atom stereocenters. The van der Waals surface area contributed by atoms with Gasteiger partial charge in [-0.2, -0.15) is 16.9 Å². The lowest BCUT2D eigenvalue weighted by Crippen LogP contribution is -2.33. The third-order valence-electron chi connectivity index (χ3n) is 2.28. The van der Waals surface area contributed by atoms with Crippen LogP contribution in [0.3, 0.4) is 0 Å². The number of benzene rings is 1. The minimum Gasteiger partial charge on any atom is -0.273 e. The second kappa shape index (κ2) is 9.41. The van der Waals surface area contributed by atoms with Gasteiger partial charge < -0.3 is 0 Å². The number of hydrazone groups is 1. The Hall–Kier alpha value is -1.53. The lowest BCUT2D eigenvalue weighted by molar-refractivity contribution is 0.0959. The molecule has 1 aromatic rings. The summed E-state index contributed by atoms with van der Waals surface area (Å²) in [5.74, 6) is 1.99. The lowest BCUT2D eigenvalue weighted by atomic mass is 10.1.